The maximum Gasteiger partial charge on any atom is 0.352 e. The number of hydrogen-bond acceptors (Lipinski definition) is 3. The van der Waals surface area contributed by atoms with Crippen molar-refractivity contribution in [1.29, 1.82) is 0 Å². The second-order valence-corrected chi connectivity index (χ2v) is 4.89. The van der Waals surface area contributed by atoms with Crippen molar-refractivity contribution in [2.45, 2.75) is 25.9 Å². The topological polar surface area (TPSA) is 74.6 Å². The van der Waals surface area contributed by atoms with Gasteiger partial charge in [0.2, 0.25) is 5.91 Å². The summed E-state index contributed by atoms with van der Waals surface area (Å²) in [5.41, 5.74) is 0.121. The number of nitrogens with one attached hydrogen (secondary N) is 1. The fourth-order valence-electron chi connectivity index (χ4n) is 1.75. The highest BCUT2D eigenvalue weighted by Crippen LogP contribution is 2.02. The molecule has 0 aliphatic heterocycles. The molecule has 1 aromatic rings. The highest BCUT2D eigenvalue weighted by molar-refractivity contribution is 5.86. The van der Waals surface area contributed by atoms with Crippen LogP contribution in [0, 0.1) is 0 Å². The fraction of sp³-hybridized carbons (Fsp3) is 0.538. The SMILES string of the molecule is CC(CCN(C)C)NC(=O)Cn1cccc1C(=O)O. The number of amides is 1. The number of nitrogens with zero attached hydrogens (tertiary/aromatic N) is 2. The van der Waals surface area contributed by atoms with Gasteiger partial charge in [-0.1, -0.05) is 0 Å². The number of carbonyl (C=O) groups is 2. The van der Waals surface area contributed by atoms with Gasteiger partial charge in [-0.15, -0.1) is 0 Å². The van der Waals surface area contributed by atoms with Gasteiger partial charge in [0, 0.05) is 12.2 Å². The minimum atomic E-state index is -1.03. The Morgan fingerprint density at radius 3 is 2.74 bits per heavy atom. The van der Waals surface area contributed by atoms with Crippen LogP contribution in [0.3, 0.4) is 0 Å². The molecule has 106 valence electrons. The summed E-state index contributed by atoms with van der Waals surface area (Å²) < 4.78 is 1.43. The fourth-order valence-corrected chi connectivity index (χ4v) is 1.75. The lowest BCUT2D eigenvalue weighted by atomic mass is 10.2. The van der Waals surface area contributed by atoms with Crippen LogP contribution < -0.4 is 5.32 Å². The highest BCUT2D eigenvalue weighted by Gasteiger charge is 2.13. The van der Waals surface area contributed by atoms with E-state index in [-0.39, 0.29) is 24.2 Å². The van der Waals surface area contributed by atoms with Gasteiger partial charge in [0.15, 0.2) is 0 Å². The molecule has 0 saturated heterocycles. The number of aromatic carboxylic acids is 1. The van der Waals surface area contributed by atoms with Crippen LogP contribution in [0.25, 0.3) is 0 Å². The maximum absolute atomic E-state index is 11.8. The van der Waals surface area contributed by atoms with Crippen molar-refractivity contribution in [3.8, 4) is 0 Å². The van der Waals surface area contributed by atoms with E-state index < -0.39 is 5.97 Å². The molecule has 1 rings (SSSR count). The van der Waals surface area contributed by atoms with E-state index in [9.17, 15) is 9.59 Å². The van der Waals surface area contributed by atoms with Crippen LogP contribution in [-0.2, 0) is 11.3 Å². The quantitative estimate of drug-likeness (QED) is 0.760. The molecule has 0 bridgehead atoms. The van der Waals surface area contributed by atoms with Gasteiger partial charge >= 0.3 is 5.97 Å². The molecular weight excluding hydrogens is 246 g/mol. The maximum atomic E-state index is 11.8. The van der Waals surface area contributed by atoms with Crippen molar-refractivity contribution in [3.05, 3.63) is 24.0 Å². The molecule has 0 saturated carbocycles. The van der Waals surface area contributed by atoms with Gasteiger partial charge in [-0.3, -0.25) is 4.79 Å². The predicted octanol–water partition coefficient (Wildman–Crippen LogP) is 0.643. The first-order valence-electron chi connectivity index (χ1n) is 6.22. The Labute approximate surface area is 113 Å². The van der Waals surface area contributed by atoms with Crippen molar-refractivity contribution in [2.75, 3.05) is 20.6 Å². The largest absolute Gasteiger partial charge is 0.477 e. The zero-order valence-electron chi connectivity index (χ0n) is 11.6. The number of hydrogen-bond donors (Lipinski definition) is 2. The first-order valence-corrected chi connectivity index (χ1v) is 6.22. The second-order valence-electron chi connectivity index (χ2n) is 4.89. The molecule has 0 aromatic carbocycles. The third-order valence-electron chi connectivity index (χ3n) is 2.78. The van der Waals surface area contributed by atoms with E-state index in [4.69, 9.17) is 5.11 Å². The van der Waals surface area contributed by atoms with Crippen molar-refractivity contribution in [3.63, 3.8) is 0 Å². The molecule has 1 amide bonds. The van der Waals surface area contributed by atoms with Crippen molar-refractivity contribution >= 4 is 11.9 Å². The van der Waals surface area contributed by atoms with E-state index in [2.05, 4.69) is 10.2 Å². The van der Waals surface area contributed by atoms with Crippen molar-refractivity contribution < 1.29 is 14.7 Å². The molecule has 6 nitrogen and oxygen atoms in total. The molecule has 1 unspecified atom stereocenters. The first kappa shape index (κ1) is 15.2. The monoisotopic (exact) mass is 267 g/mol. The Morgan fingerprint density at radius 2 is 2.16 bits per heavy atom. The Hall–Kier alpha value is -1.82. The van der Waals surface area contributed by atoms with E-state index in [1.807, 2.05) is 21.0 Å². The molecule has 2 N–H and O–H groups in total. The number of carboxylic acids is 1. The van der Waals surface area contributed by atoms with Crippen molar-refractivity contribution in [1.82, 2.24) is 14.8 Å². The summed E-state index contributed by atoms with van der Waals surface area (Å²) in [6.45, 7) is 2.86. The number of carboxylic acid groups (broad SMARTS) is 1. The third-order valence-corrected chi connectivity index (χ3v) is 2.78. The molecule has 19 heavy (non-hydrogen) atoms. The second kappa shape index (κ2) is 6.94. The van der Waals surface area contributed by atoms with Crippen molar-refractivity contribution in [2.24, 2.45) is 0 Å². The average molecular weight is 267 g/mol. The van der Waals surface area contributed by atoms with Crippen LogP contribution in [-0.4, -0.2) is 53.1 Å². The number of rotatable bonds is 7. The Bertz CT molecular complexity index is 440. The van der Waals surface area contributed by atoms with E-state index in [1.54, 1.807) is 12.3 Å². The van der Waals surface area contributed by atoms with E-state index >= 15 is 0 Å². The van der Waals surface area contributed by atoms with Gasteiger partial charge in [0.05, 0.1) is 0 Å². The molecule has 6 heteroatoms. The van der Waals surface area contributed by atoms with E-state index in [0.29, 0.717) is 0 Å². The van der Waals surface area contributed by atoms with Gasteiger partial charge in [-0.2, -0.15) is 0 Å². The minimum absolute atomic E-state index is 0.0287. The molecule has 0 aliphatic carbocycles. The van der Waals surface area contributed by atoms with E-state index in [1.165, 1.54) is 10.6 Å². The molecular formula is C13H21N3O3. The number of aromatic nitrogens is 1. The smallest absolute Gasteiger partial charge is 0.352 e. The van der Waals surface area contributed by atoms with Gasteiger partial charge < -0.3 is 19.9 Å². The minimum Gasteiger partial charge on any atom is -0.477 e. The van der Waals surface area contributed by atoms with Gasteiger partial charge in [-0.25, -0.2) is 4.79 Å². The zero-order valence-corrected chi connectivity index (χ0v) is 11.6. The predicted molar refractivity (Wildman–Crippen MR) is 72.2 cm³/mol. The van der Waals surface area contributed by atoms with Gasteiger partial charge in [0.1, 0.15) is 12.2 Å². The van der Waals surface area contributed by atoms with Gasteiger partial charge in [-0.05, 0) is 46.1 Å². The normalized spacial score (nSPS) is 12.4. The van der Waals surface area contributed by atoms with Crippen LogP contribution in [0.4, 0.5) is 0 Å². The van der Waals surface area contributed by atoms with Crippen LogP contribution in [0.1, 0.15) is 23.8 Å². The third kappa shape index (κ3) is 5.13. The molecule has 1 aromatic heterocycles. The molecule has 0 radical (unpaired) electrons. The Morgan fingerprint density at radius 1 is 1.47 bits per heavy atom. The van der Waals surface area contributed by atoms with Gasteiger partial charge in [0.25, 0.3) is 0 Å². The summed E-state index contributed by atoms with van der Waals surface area (Å²) in [7, 11) is 3.96. The molecule has 0 aliphatic rings. The van der Waals surface area contributed by atoms with E-state index in [0.717, 1.165) is 13.0 Å². The Balaban J connectivity index is 2.46. The highest BCUT2D eigenvalue weighted by atomic mass is 16.4. The molecule has 1 heterocycles. The summed E-state index contributed by atoms with van der Waals surface area (Å²) >= 11 is 0. The average Bonchev–Trinajstić information content (AvgIpc) is 2.74. The lowest BCUT2D eigenvalue weighted by molar-refractivity contribution is -0.122. The summed E-state index contributed by atoms with van der Waals surface area (Å²) in [6.07, 6.45) is 2.45. The lowest BCUT2D eigenvalue weighted by Gasteiger charge is -2.17. The summed E-state index contributed by atoms with van der Waals surface area (Å²) in [5.74, 6) is -1.21. The zero-order chi connectivity index (χ0) is 14.4. The Kier molecular flexibility index (Phi) is 5.57. The van der Waals surface area contributed by atoms with Crippen LogP contribution in [0.2, 0.25) is 0 Å². The summed E-state index contributed by atoms with van der Waals surface area (Å²) in [6, 6.07) is 3.16. The van der Waals surface area contributed by atoms with Crippen LogP contribution in [0.15, 0.2) is 18.3 Å². The molecule has 0 fully saturated rings. The molecule has 0 spiro atoms. The standard InChI is InChI=1S/C13H21N3O3/c1-10(6-8-15(2)3)14-12(17)9-16-7-4-5-11(16)13(18)19/h4-5,7,10H,6,8-9H2,1-3H3,(H,14,17)(H,18,19). The number of carbonyl (C=O) groups excluding carboxylic acids is 1. The lowest BCUT2D eigenvalue weighted by Crippen LogP contribution is -2.37. The summed E-state index contributed by atoms with van der Waals surface area (Å²) in [5, 5.41) is 11.8. The van der Waals surface area contributed by atoms with Crippen LogP contribution >= 0.6 is 0 Å². The molecule has 1 atom stereocenters. The summed E-state index contributed by atoms with van der Waals surface area (Å²) in [4.78, 5) is 24.8. The first-order chi connectivity index (χ1) is 8.90. The van der Waals surface area contributed by atoms with Crippen LogP contribution in [0.5, 0.6) is 0 Å².